The van der Waals surface area contributed by atoms with E-state index in [9.17, 15) is 13.2 Å². The van der Waals surface area contributed by atoms with Crippen molar-refractivity contribution in [3.63, 3.8) is 0 Å². The summed E-state index contributed by atoms with van der Waals surface area (Å²) in [5.41, 5.74) is -1.06. The highest BCUT2D eigenvalue weighted by Gasteiger charge is 2.35. The van der Waals surface area contributed by atoms with Crippen LogP contribution < -0.4 is 10.1 Å². The van der Waals surface area contributed by atoms with Crippen molar-refractivity contribution in [1.82, 2.24) is 25.1 Å². The van der Waals surface area contributed by atoms with Gasteiger partial charge in [-0.05, 0) is 6.42 Å². The first kappa shape index (κ1) is 16.4. The van der Waals surface area contributed by atoms with Gasteiger partial charge in [0.05, 0.1) is 7.11 Å². The Balaban J connectivity index is 1.72. The number of ether oxygens (including phenoxy) is 2. The van der Waals surface area contributed by atoms with Gasteiger partial charge in [-0.15, -0.1) is 0 Å². The predicted molar refractivity (Wildman–Crippen MR) is 75.3 cm³/mol. The Morgan fingerprint density at radius 2 is 2.25 bits per heavy atom. The second-order valence-electron chi connectivity index (χ2n) is 5.21. The summed E-state index contributed by atoms with van der Waals surface area (Å²) in [7, 11) is 1.25. The molecule has 0 bridgehead atoms. The van der Waals surface area contributed by atoms with Crippen molar-refractivity contribution < 1.29 is 22.6 Å². The number of alkyl halides is 3. The molecule has 3 heterocycles. The van der Waals surface area contributed by atoms with Gasteiger partial charge in [-0.1, -0.05) is 0 Å². The van der Waals surface area contributed by atoms with Crippen molar-refractivity contribution in [2.75, 3.05) is 25.6 Å². The summed E-state index contributed by atoms with van der Waals surface area (Å²) in [6.45, 7) is 0.861. The third-order valence-electron chi connectivity index (χ3n) is 3.64. The summed E-state index contributed by atoms with van der Waals surface area (Å²) >= 11 is 0. The number of nitrogens with one attached hydrogen (secondary N) is 2. The molecule has 24 heavy (non-hydrogen) atoms. The SMILES string of the molecule is COc1cc(C(F)(F)F)nc(NC[C@@H]2CCO[C@@H]2c2ncn[nH]2)n1. The predicted octanol–water partition coefficient (Wildman–Crippen LogP) is 1.81. The number of methoxy groups -OCH3 is 1. The van der Waals surface area contributed by atoms with Crippen molar-refractivity contribution in [2.45, 2.75) is 18.7 Å². The van der Waals surface area contributed by atoms with Gasteiger partial charge in [-0.25, -0.2) is 9.97 Å². The minimum atomic E-state index is -4.58. The molecule has 1 saturated heterocycles. The first-order chi connectivity index (χ1) is 11.5. The summed E-state index contributed by atoms with van der Waals surface area (Å²) in [6.07, 6.45) is -2.77. The molecule has 0 spiro atoms. The average molecular weight is 344 g/mol. The topological polar surface area (TPSA) is 97.8 Å². The fourth-order valence-corrected chi connectivity index (χ4v) is 2.47. The number of hydrogen-bond acceptors (Lipinski definition) is 7. The molecule has 3 rings (SSSR count). The van der Waals surface area contributed by atoms with Crippen molar-refractivity contribution in [1.29, 1.82) is 0 Å². The molecule has 1 fully saturated rings. The van der Waals surface area contributed by atoms with Gasteiger partial charge in [0.25, 0.3) is 0 Å². The number of hydrogen-bond donors (Lipinski definition) is 2. The third-order valence-corrected chi connectivity index (χ3v) is 3.64. The van der Waals surface area contributed by atoms with E-state index in [2.05, 4.69) is 30.5 Å². The van der Waals surface area contributed by atoms with Crippen molar-refractivity contribution in [3.8, 4) is 5.88 Å². The minimum absolute atomic E-state index is 0.00193. The lowest BCUT2D eigenvalue weighted by molar-refractivity contribution is -0.141. The first-order valence-electron chi connectivity index (χ1n) is 7.18. The van der Waals surface area contributed by atoms with Crippen LogP contribution >= 0.6 is 0 Å². The molecular weight excluding hydrogens is 329 g/mol. The number of aromatic amines is 1. The molecular formula is C13H15F3N6O2. The molecule has 0 aliphatic carbocycles. The fraction of sp³-hybridized carbons (Fsp3) is 0.538. The normalized spacial score (nSPS) is 21.0. The van der Waals surface area contributed by atoms with Crippen LogP contribution in [-0.4, -0.2) is 45.4 Å². The first-order valence-corrected chi connectivity index (χ1v) is 7.18. The average Bonchev–Trinajstić information content (AvgIpc) is 3.22. The summed E-state index contributed by atoms with van der Waals surface area (Å²) in [4.78, 5) is 11.4. The van der Waals surface area contributed by atoms with Crippen molar-refractivity contribution in [3.05, 3.63) is 23.9 Å². The third kappa shape index (κ3) is 3.55. The second kappa shape index (κ2) is 6.59. The van der Waals surface area contributed by atoms with Crippen LogP contribution in [0, 0.1) is 5.92 Å². The molecule has 8 nitrogen and oxygen atoms in total. The lowest BCUT2D eigenvalue weighted by atomic mass is 10.0. The maximum absolute atomic E-state index is 12.9. The minimum Gasteiger partial charge on any atom is -0.481 e. The zero-order valence-electron chi connectivity index (χ0n) is 12.7. The van der Waals surface area contributed by atoms with Crippen molar-refractivity contribution in [2.24, 2.45) is 5.92 Å². The highest BCUT2D eigenvalue weighted by atomic mass is 19.4. The van der Waals surface area contributed by atoms with Crippen LogP contribution in [0.4, 0.5) is 19.1 Å². The zero-order valence-corrected chi connectivity index (χ0v) is 12.7. The van der Waals surface area contributed by atoms with Gasteiger partial charge < -0.3 is 14.8 Å². The van der Waals surface area contributed by atoms with Gasteiger partial charge in [-0.2, -0.15) is 23.3 Å². The van der Waals surface area contributed by atoms with Crippen LogP contribution in [0.2, 0.25) is 0 Å². The highest BCUT2D eigenvalue weighted by Crippen LogP contribution is 2.33. The van der Waals surface area contributed by atoms with Crippen LogP contribution in [0.15, 0.2) is 12.4 Å². The van der Waals surface area contributed by atoms with Gasteiger partial charge in [0, 0.05) is 25.1 Å². The van der Waals surface area contributed by atoms with Crippen LogP contribution in [0.5, 0.6) is 5.88 Å². The van der Waals surface area contributed by atoms with E-state index >= 15 is 0 Å². The Morgan fingerprint density at radius 1 is 1.42 bits per heavy atom. The molecule has 2 atom stereocenters. The number of nitrogens with zero attached hydrogens (tertiary/aromatic N) is 4. The number of rotatable bonds is 5. The molecule has 2 aromatic heterocycles. The highest BCUT2D eigenvalue weighted by molar-refractivity contribution is 5.32. The van der Waals surface area contributed by atoms with Crippen LogP contribution in [0.3, 0.4) is 0 Å². The van der Waals surface area contributed by atoms with E-state index in [4.69, 9.17) is 9.47 Å². The summed E-state index contributed by atoms with van der Waals surface area (Å²) in [6, 6.07) is 0.751. The number of halogens is 3. The molecule has 0 saturated carbocycles. The molecule has 2 aromatic rings. The zero-order chi connectivity index (χ0) is 17.2. The van der Waals surface area contributed by atoms with Crippen LogP contribution in [0.25, 0.3) is 0 Å². The van der Waals surface area contributed by atoms with E-state index in [0.29, 0.717) is 19.0 Å². The molecule has 0 amide bonds. The number of aromatic nitrogens is 5. The lowest BCUT2D eigenvalue weighted by Crippen LogP contribution is -2.21. The standard InChI is InChI=1S/C13H15F3N6O2/c1-23-9-4-8(13(14,15)16)20-12(21-9)17-5-7-2-3-24-10(7)11-18-6-19-22-11/h4,6-7,10H,2-3,5H2,1H3,(H,17,20,21)(H,18,19,22)/t7-,10-/m0/s1. The summed E-state index contributed by atoms with van der Waals surface area (Å²) in [5.74, 6) is 0.281. The molecule has 0 radical (unpaired) electrons. The summed E-state index contributed by atoms with van der Waals surface area (Å²) in [5, 5.41) is 9.34. The molecule has 11 heteroatoms. The van der Waals surface area contributed by atoms with E-state index in [1.165, 1.54) is 13.4 Å². The van der Waals surface area contributed by atoms with Crippen LogP contribution in [0.1, 0.15) is 24.0 Å². The molecule has 1 aliphatic heterocycles. The largest absolute Gasteiger partial charge is 0.481 e. The fourth-order valence-electron chi connectivity index (χ4n) is 2.47. The van der Waals surface area contributed by atoms with E-state index < -0.39 is 11.9 Å². The number of anilines is 1. The smallest absolute Gasteiger partial charge is 0.433 e. The monoisotopic (exact) mass is 344 g/mol. The van der Waals surface area contributed by atoms with Gasteiger partial charge >= 0.3 is 6.18 Å². The molecule has 130 valence electrons. The Labute approximate surface area is 134 Å². The van der Waals surface area contributed by atoms with E-state index in [0.717, 1.165) is 12.5 Å². The molecule has 2 N–H and O–H groups in total. The molecule has 0 unspecified atom stereocenters. The van der Waals surface area contributed by atoms with Crippen LogP contribution in [-0.2, 0) is 10.9 Å². The van der Waals surface area contributed by atoms with Crippen molar-refractivity contribution >= 4 is 5.95 Å². The number of H-pyrrole nitrogens is 1. The second-order valence-corrected chi connectivity index (χ2v) is 5.21. The Hall–Kier alpha value is -2.43. The van der Waals surface area contributed by atoms with E-state index in [1.54, 1.807) is 0 Å². The van der Waals surface area contributed by atoms with Gasteiger partial charge in [0.15, 0.2) is 11.5 Å². The Bertz CT molecular complexity index is 679. The van der Waals surface area contributed by atoms with E-state index in [-0.39, 0.29) is 23.9 Å². The lowest BCUT2D eigenvalue weighted by Gasteiger charge is -2.17. The van der Waals surface area contributed by atoms with Gasteiger partial charge in [0.1, 0.15) is 12.4 Å². The molecule has 1 aliphatic rings. The maximum Gasteiger partial charge on any atom is 0.433 e. The Morgan fingerprint density at radius 3 is 2.92 bits per heavy atom. The quantitative estimate of drug-likeness (QED) is 0.853. The molecule has 0 aromatic carbocycles. The van der Waals surface area contributed by atoms with E-state index in [1.807, 2.05) is 0 Å². The maximum atomic E-state index is 12.9. The van der Waals surface area contributed by atoms with Gasteiger partial charge in [0.2, 0.25) is 11.8 Å². The van der Waals surface area contributed by atoms with Gasteiger partial charge in [-0.3, -0.25) is 5.10 Å². The summed E-state index contributed by atoms with van der Waals surface area (Å²) < 4.78 is 49.0. The Kier molecular flexibility index (Phi) is 4.51.